The summed E-state index contributed by atoms with van der Waals surface area (Å²) in [6.45, 7) is 4.75. The van der Waals surface area contributed by atoms with E-state index in [0.717, 1.165) is 25.9 Å². The van der Waals surface area contributed by atoms with E-state index in [2.05, 4.69) is 5.32 Å². The maximum atomic E-state index is 11.3. The smallest absolute Gasteiger partial charge is 0.322 e. The third kappa shape index (κ3) is 3.47. The van der Waals surface area contributed by atoms with Gasteiger partial charge in [-0.25, -0.2) is 0 Å². The van der Waals surface area contributed by atoms with Crippen molar-refractivity contribution in [1.82, 2.24) is 5.32 Å². The van der Waals surface area contributed by atoms with Crippen LogP contribution in [0.5, 0.6) is 0 Å². The Labute approximate surface area is 91.3 Å². The van der Waals surface area contributed by atoms with Gasteiger partial charge < -0.3 is 14.8 Å². The largest absolute Gasteiger partial charge is 0.468 e. The fourth-order valence-electron chi connectivity index (χ4n) is 1.85. The van der Waals surface area contributed by atoms with Crippen LogP contribution in [0.25, 0.3) is 0 Å². The lowest BCUT2D eigenvalue weighted by Gasteiger charge is -2.37. The van der Waals surface area contributed by atoms with Crippen molar-refractivity contribution in [1.29, 1.82) is 0 Å². The molecule has 1 rings (SSSR count). The van der Waals surface area contributed by atoms with Gasteiger partial charge in [0.15, 0.2) is 0 Å². The standard InChI is InChI=1S/C11H21NO3/c1-4-10(11(13)14-3)12-8-6-9(7-8)15-5-2/h8-10,12H,4-7H2,1-3H3. The first-order valence-corrected chi connectivity index (χ1v) is 5.66. The van der Waals surface area contributed by atoms with Crippen molar-refractivity contribution < 1.29 is 14.3 Å². The third-order valence-corrected chi connectivity index (χ3v) is 2.83. The number of hydrogen-bond acceptors (Lipinski definition) is 4. The zero-order chi connectivity index (χ0) is 11.3. The number of methoxy groups -OCH3 is 1. The highest BCUT2D eigenvalue weighted by molar-refractivity contribution is 5.75. The minimum atomic E-state index is -0.169. The number of nitrogens with one attached hydrogen (secondary N) is 1. The van der Waals surface area contributed by atoms with Crippen LogP contribution < -0.4 is 5.32 Å². The van der Waals surface area contributed by atoms with Crippen molar-refractivity contribution in [3.63, 3.8) is 0 Å². The molecule has 1 fully saturated rings. The quantitative estimate of drug-likeness (QED) is 0.674. The van der Waals surface area contributed by atoms with E-state index in [1.54, 1.807) is 0 Å². The first-order valence-electron chi connectivity index (χ1n) is 5.66. The topological polar surface area (TPSA) is 47.6 Å². The van der Waals surface area contributed by atoms with Crippen LogP contribution in [0.2, 0.25) is 0 Å². The van der Waals surface area contributed by atoms with Gasteiger partial charge in [-0.05, 0) is 26.2 Å². The molecule has 0 amide bonds. The van der Waals surface area contributed by atoms with Crippen LogP contribution in [0.1, 0.15) is 33.1 Å². The van der Waals surface area contributed by atoms with Crippen molar-refractivity contribution in [2.75, 3.05) is 13.7 Å². The second-order valence-electron chi connectivity index (χ2n) is 3.90. The average Bonchev–Trinajstić information content (AvgIpc) is 2.20. The molecule has 1 aliphatic rings. The number of carbonyl (C=O) groups excluding carboxylic acids is 1. The molecular formula is C11H21NO3. The SMILES string of the molecule is CCOC1CC(NC(CC)C(=O)OC)C1. The van der Waals surface area contributed by atoms with Crippen LogP contribution >= 0.6 is 0 Å². The summed E-state index contributed by atoms with van der Waals surface area (Å²) in [5, 5.41) is 3.29. The van der Waals surface area contributed by atoms with Gasteiger partial charge in [-0.1, -0.05) is 6.92 Å². The predicted molar refractivity (Wildman–Crippen MR) is 57.7 cm³/mol. The van der Waals surface area contributed by atoms with Gasteiger partial charge >= 0.3 is 5.97 Å². The highest BCUT2D eigenvalue weighted by Gasteiger charge is 2.32. The first kappa shape index (κ1) is 12.5. The van der Waals surface area contributed by atoms with Gasteiger partial charge in [0.2, 0.25) is 0 Å². The van der Waals surface area contributed by atoms with Gasteiger partial charge in [0.25, 0.3) is 0 Å². The highest BCUT2D eigenvalue weighted by Crippen LogP contribution is 2.23. The first-order chi connectivity index (χ1) is 7.21. The monoisotopic (exact) mass is 215 g/mol. The molecule has 0 radical (unpaired) electrons. The molecule has 1 unspecified atom stereocenters. The number of carbonyl (C=O) groups is 1. The van der Waals surface area contributed by atoms with Crippen molar-refractivity contribution in [3.8, 4) is 0 Å². The van der Waals surface area contributed by atoms with E-state index in [1.165, 1.54) is 7.11 Å². The van der Waals surface area contributed by atoms with Gasteiger partial charge in [-0.2, -0.15) is 0 Å². The lowest BCUT2D eigenvalue weighted by atomic mass is 9.88. The van der Waals surface area contributed by atoms with Crippen LogP contribution in [0.15, 0.2) is 0 Å². The fraction of sp³-hybridized carbons (Fsp3) is 0.909. The summed E-state index contributed by atoms with van der Waals surface area (Å²) in [4.78, 5) is 11.3. The lowest BCUT2D eigenvalue weighted by Crippen LogP contribution is -2.51. The van der Waals surface area contributed by atoms with Crippen LogP contribution in [0.3, 0.4) is 0 Å². The van der Waals surface area contributed by atoms with Gasteiger partial charge in [0.1, 0.15) is 6.04 Å². The third-order valence-electron chi connectivity index (χ3n) is 2.83. The summed E-state index contributed by atoms with van der Waals surface area (Å²) >= 11 is 0. The van der Waals surface area contributed by atoms with Crippen LogP contribution in [-0.2, 0) is 14.3 Å². The second kappa shape index (κ2) is 6.08. The zero-order valence-corrected chi connectivity index (χ0v) is 9.79. The molecule has 4 heteroatoms. The molecule has 0 spiro atoms. The van der Waals surface area contributed by atoms with Crippen molar-refractivity contribution in [3.05, 3.63) is 0 Å². The molecule has 1 saturated carbocycles. The number of rotatable bonds is 6. The Morgan fingerprint density at radius 1 is 1.47 bits per heavy atom. The Balaban J connectivity index is 2.21. The van der Waals surface area contributed by atoms with E-state index >= 15 is 0 Å². The van der Waals surface area contributed by atoms with E-state index in [0.29, 0.717) is 12.1 Å². The molecule has 0 heterocycles. The molecule has 15 heavy (non-hydrogen) atoms. The molecular weight excluding hydrogens is 194 g/mol. The molecule has 0 aliphatic heterocycles. The summed E-state index contributed by atoms with van der Waals surface area (Å²) < 4.78 is 10.2. The van der Waals surface area contributed by atoms with Crippen LogP contribution in [0.4, 0.5) is 0 Å². The van der Waals surface area contributed by atoms with Gasteiger partial charge in [0, 0.05) is 12.6 Å². The van der Waals surface area contributed by atoms with E-state index in [-0.39, 0.29) is 12.0 Å². The average molecular weight is 215 g/mol. The molecule has 1 aliphatic carbocycles. The normalized spacial score (nSPS) is 26.9. The summed E-state index contributed by atoms with van der Waals surface area (Å²) in [5.41, 5.74) is 0. The summed E-state index contributed by atoms with van der Waals surface area (Å²) in [6.07, 6.45) is 3.15. The van der Waals surface area contributed by atoms with E-state index in [4.69, 9.17) is 9.47 Å². The Morgan fingerprint density at radius 3 is 2.60 bits per heavy atom. The highest BCUT2D eigenvalue weighted by atomic mass is 16.5. The van der Waals surface area contributed by atoms with E-state index in [9.17, 15) is 4.79 Å². The maximum absolute atomic E-state index is 11.3. The fourth-order valence-corrected chi connectivity index (χ4v) is 1.85. The molecule has 88 valence electrons. The molecule has 4 nitrogen and oxygen atoms in total. The Morgan fingerprint density at radius 2 is 2.13 bits per heavy atom. The summed E-state index contributed by atoms with van der Waals surface area (Å²) in [5.74, 6) is -0.169. The predicted octanol–water partition coefficient (Wildman–Crippen LogP) is 1.10. The van der Waals surface area contributed by atoms with Gasteiger partial charge in [0.05, 0.1) is 13.2 Å². The van der Waals surface area contributed by atoms with Crippen LogP contribution in [-0.4, -0.2) is 37.9 Å². The van der Waals surface area contributed by atoms with Gasteiger partial charge in [-0.15, -0.1) is 0 Å². The molecule has 0 aromatic rings. The van der Waals surface area contributed by atoms with Gasteiger partial charge in [-0.3, -0.25) is 4.79 Å². The van der Waals surface area contributed by atoms with Crippen LogP contribution in [0, 0.1) is 0 Å². The zero-order valence-electron chi connectivity index (χ0n) is 9.79. The molecule has 0 bridgehead atoms. The number of ether oxygens (including phenoxy) is 2. The molecule has 1 atom stereocenters. The van der Waals surface area contributed by atoms with Crippen molar-refractivity contribution in [2.24, 2.45) is 0 Å². The summed E-state index contributed by atoms with van der Waals surface area (Å²) in [7, 11) is 1.43. The Bertz CT molecular complexity index is 202. The minimum Gasteiger partial charge on any atom is -0.468 e. The Kier molecular flexibility index (Phi) is 5.05. The number of esters is 1. The second-order valence-corrected chi connectivity index (χ2v) is 3.90. The Hall–Kier alpha value is -0.610. The molecule has 0 aromatic carbocycles. The van der Waals surface area contributed by atoms with E-state index < -0.39 is 0 Å². The van der Waals surface area contributed by atoms with E-state index in [1.807, 2.05) is 13.8 Å². The van der Waals surface area contributed by atoms with Crippen molar-refractivity contribution in [2.45, 2.75) is 51.3 Å². The summed E-state index contributed by atoms with van der Waals surface area (Å²) in [6, 6.07) is 0.244. The number of hydrogen-bond donors (Lipinski definition) is 1. The minimum absolute atomic E-state index is 0.164. The molecule has 0 saturated heterocycles. The lowest BCUT2D eigenvalue weighted by molar-refractivity contribution is -0.144. The van der Waals surface area contributed by atoms with Crippen molar-refractivity contribution >= 4 is 5.97 Å². The maximum Gasteiger partial charge on any atom is 0.322 e. The molecule has 1 N–H and O–H groups in total. The molecule has 0 aromatic heterocycles.